The molecule has 300 valence electrons. The number of carbonyl (C=O) groups excluding carboxylic acids is 2. The lowest BCUT2D eigenvalue weighted by Gasteiger charge is -2.08. The Morgan fingerprint density at radius 2 is 1.22 bits per heavy atom. The smallest absolute Gasteiger partial charge is 0.222 e. The molecule has 0 aliphatic carbocycles. The largest absolute Gasteiger partial charge is 0.457 e. The van der Waals surface area contributed by atoms with Gasteiger partial charge in [-0.3, -0.25) is 24.2 Å². The van der Waals surface area contributed by atoms with Crippen LogP contribution < -0.4 is 20.1 Å². The summed E-state index contributed by atoms with van der Waals surface area (Å²) in [6.45, 7) is 1.53. The van der Waals surface area contributed by atoms with E-state index < -0.39 is 0 Å². The first-order valence-corrected chi connectivity index (χ1v) is 18.8. The van der Waals surface area contributed by atoms with Gasteiger partial charge in [-0.1, -0.05) is 76.9 Å². The Balaban J connectivity index is 0.000000198. The number of hydrogen-bond donors (Lipinski definition) is 2. The Labute approximate surface area is 347 Å². The molecule has 2 amide bonds. The van der Waals surface area contributed by atoms with Crippen LogP contribution in [0.25, 0.3) is 21.7 Å². The van der Waals surface area contributed by atoms with Crippen molar-refractivity contribution in [3.63, 3.8) is 0 Å². The van der Waals surface area contributed by atoms with Gasteiger partial charge in [0.2, 0.25) is 11.8 Å². The summed E-state index contributed by atoms with van der Waals surface area (Å²) >= 11 is 0. The van der Waals surface area contributed by atoms with E-state index >= 15 is 0 Å². The maximum atomic E-state index is 12.2. The van der Waals surface area contributed by atoms with E-state index in [0.717, 1.165) is 50.9 Å². The number of para-hydroxylation sites is 2. The highest BCUT2D eigenvalue weighted by molar-refractivity contribution is 5.76. The minimum atomic E-state index is -0.142. The van der Waals surface area contributed by atoms with E-state index in [-0.39, 0.29) is 24.8 Å². The minimum absolute atomic E-state index is 0.0435. The lowest BCUT2D eigenvalue weighted by atomic mass is 10.2. The normalized spacial score (nSPS) is 9.85. The van der Waals surface area contributed by atoms with Crippen LogP contribution in [-0.2, 0) is 29.2 Å². The SMILES string of the molecule is C#Cc1cccnc1.O=C(CCn1cc(-c2cccnc2)nn1)NCc1ccc(Oc2ccccc2)cc1.[N-]=[N+]=NCCC(=O)NCc1ccc(Oc2ccccc2)cc1. The number of pyridine rings is 2. The molecule has 0 spiro atoms. The van der Waals surface area contributed by atoms with Crippen LogP contribution in [0, 0.1) is 12.3 Å². The van der Waals surface area contributed by atoms with Gasteiger partial charge in [-0.15, -0.1) is 11.5 Å². The van der Waals surface area contributed by atoms with Crippen molar-refractivity contribution in [3.8, 4) is 46.6 Å². The van der Waals surface area contributed by atoms with Crippen LogP contribution in [0.4, 0.5) is 0 Å². The van der Waals surface area contributed by atoms with E-state index in [1.807, 2.05) is 140 Å². The Hall–Kier alpha value is -8.27. The number of rotatable bonds is 15. The van der Waals surface area contributed by atoms with Gasteiger partial charge in [0.15, 0.2) is 0 Å². The molecule has 7 aromatic rings. The molecule has 0 radical (unpaired) electrons. The Kier molecular flexibility index (Phi) is 17.4. The van der Waals surface area contributed by atoms with Gasteiger partial charge in [0, 0.05) is 73.3 Å². The molecule has 60 heavy (non-hydrogen) atoms. The van der Waals surface area contributed by atoms with Crippen molar-refractivity contribution in [2.75, 3.05) is 6.54 Å². The van der Waals surface area contributed by atoms with Crippen molar-refractivity contribution in [1.29, 1.82) is 0 Å². The average Bonchev–Trinajstić information content (AvgIpc) is 3.79. The zero-order valence-electron chi connectivity index (χ0n) is 32.6. The van der Waals surface area contributed by atoms with E-state index in [4.69, 9.17) is 21.4 Å². The fourth-order valence-electron chi connectivity index (χ4n) is 5.09. The first-order valence-electron chi connectivity index (χ1n) is 18.8. The molecule has 14 heteroatoms. The summed E-state index contributed by atoms with van der Waals surface area (Å²) < 4.78 is 13.1. The monoisotopic (exact) mass is 798 g/mol. The number of ether oxygens (including phenoxy) is 2. The predicted molar refractivity (Wildman–Crippen MR) is 228 cm³/mol. The average molecular weight is 799 g/mol. The fraction of sp³-hybridized carbons (Fsp3) is 0.130. The molecule has 0 atom stereocenters. The number of nitrogens with one attached hydrogen (secondary N) is 2. The Bertz CT molecular complexity index is 2420. The van der Waals surface area contributed by atoms with Gasteiger partial charge in [-0.2, -0.15) is 0 Å². The first kappa shape index (κ1) is 42.9. The molecule has 0 unspecified atom stereocenters. The number of terminal acetylenes is 1. The minimum Gasteiger partial charge on any atom is -0.457 e. The van der Waals surface area contributed by atoms with E-state index in [9.17, 15) is 9.59 Å². The van der Waals surface area contributed by atoms with Crippen molar-refractivity contribution in [3.05, 3.63) is 192 Å². The third kappa shape index (κ3) is 15.7. The molecule has 3 aromatic heterocycles. The molecule has 0 saturated heterocycles. The number of carbonyl (C=O) groups is 2. The molecule has 2 N–H and O–H groups in total. The van der Waals surface area contributed by atoms with Crippen LogP contribution in [0.15, 0.2) is 170 Å². The highest BCUT2D eigenvalue weighted by Gasteiger charge is 2.07. The molecule has 0 aliphatic rings. The second kappa shape index (κ2) is 24.4. The number of azide groups is 1. The Morgan fingerprint density at radius 1 is 0.683 bits per heavy atom. The summed E-state index contributed by atoms with van der Waals surface area (Å²) in [6.07, 6.45) is 14.2. The molecule has 0 fully saturated rings. The van der Waals surface area contributed by atoms with Crippen LogP contribution in [-0.4, -0.2) is 43.3 Å². The van der Waals surface area contributed by atoms with Crippen LogP contribution in [0.3, 0.4) is 0 Å². The quantitative estimate of drug-likeness (QED) is 0.0447. The van der Waals surface area contributed by atoms with Gasteiger partial charge >= 0.3 is 0 Å². The van der Waals surface area contributed by atoms with E-state index in [2.05, 4.69) is 46.9 Å². The maximum Gasteiger partial charge on any atom is 0.222 e. The topological polar surface area (TPSA) is 182 Å². The van der Waals surface area contributed by atoms with Crippen LogP contribution in [0.2, 0.25) is 0 Å². The van der Waals surface area contributed by atoms with Gasteiger partial charge in [-0.25, -0.2) is 0 Å². The second-order valence-corrected chi connectivity index (χ2v) is 12.6. The number of aryl methyl sites for hydroxylation is 1. The lowest BCUT2D eigenvalue weighted by molar-refractivity contribution is -0.122. The first-order chi connectivity index (χ1) is 29.5. The number of amides is 2. The molecule has 3 heterocycles. The number of benzene rings is 4. The van der Waals surface area contributed by atoms with Crippen molar-refractivity contribution >= 4 is 11.8 Å². The molecule has 0 bridgehead atoms. The second-order valence-electron chi connectivity index (χ2n) is 12.6. The summed E-state index contributed by atoms with van der Waals surface area (Å²) in [6, 6.07) is 41.7. The van der Waals surface area contributed by atoms with Crippen molar-refractivity contribution in [2.24, 2.45) is 5.11 Å². The van der Waals surface area contributed by atoms with Crippen LogP contribution >= 0.6 is 0 Å². The summed E-state index contributed by atoms with van der Waals surface area (Å²) in [4.78, 5) is 34.1. The number of hydrogen-bond acceptors (Lipinski definition) is 9. The van der Waals surface area contributed by atoms with Crippen molar-refractivity contribution in [2.45, 2.75) is 32.5 Å². The van der Waals surface area contributed by atoms with E-state index in [1.54, 1.807) is 29.5 Å². The summed E-state index contributed by atoms with van der Waals surface area (Å²) in [5.74, 6) is 5.35. The Morgan fingerprint density at radius 3 is 1.70 bits per heavy atom. The molecule has 7 rings (SSSR count). The summed E-state index contributed by atoms with van der Waals surface area (Å²) in [5, 5.41) is 17.2. The third-order valence-corrected chi connectivity index (χ3v) is 8.18. The van der Waals surface area contributed by atoms with Gasteiger partial charge in [0.1, 0.15) is 28.7 Å². The summed E-state index contributed by atoms with van der Waals surface area (Å²) in [5.41, 5.74) is 12.6. The van der Waals surface area contributed by atoms with Gasteiger partial charge in [0.05, 0.1) is 12.7 Å². The molecular formula is C46H42N10O4. The standard InChI is InChI=1S/C23H21N5O2.C16H16N4O2.C7H5N/c29-23(12-14-28-17-22(26-27-28)19-5-4-13-24-16-19)25-15-18-8-10-21(11-9-18)30-20-6-2-1-3-7-20;17-20-19-11-10-16(21)18-12-13-6-8-15(9-7-13)22-14-4-2-1-3-5-14;1-2-7-4-3-5-8-6-7/h1-11,13,16-17H,12,14-15H2,(H,25,29);1-9H,10-12H2,(H,18,21);1,3-6H. The zero-order valence-corrected chi connectivity index (χ0v) is 32.6. The van der Waals surface area contributed by atoms with Gasteiger partial charge < -0.3 is 20.1 Å². The molecule has 14 nitrogen and oxygen atoms in total. The highest BCUT2D eigenvalue weighted by Crippen LogP contribution is 2.22. The van der Waals surface area contributed by atoms with Crippen LogP contribution in [0.5, 0.6) is 23.0 Å². The van der Waals surface area contributed by atoms with Gasteiger partial charge in [0.25, 0.3) is 0 Å². The van der Waals surface area contributed by atoms with Crippen molar-refractivity contribution in [1.82, 2.24) is 35.6 Å². The van der Waals surface area contributed by atoms with E-state index in [0.29, 0.717) is 26.1 Å². The zero-order chi connectivity index (χ0) is 42.0. The lowest BCUT2D eigenvalue weighted by Crippen LogP contribution is -2.24. The van der Waals surface area contributed by atoms with E-state index in [1.165, 1.54) is 0 Å². The number of nitrogens with zero attached hydrogens (tertiary/aromatic N) is 8. The van der Waals surface area contributed by atoms with Gasteiger partial charge in [-0.05, 0) is 89.5 Å². The summed E-state index contributed by atoms with van der Waals surface area (Å²) in [7, 11) is 0. The fourth-order valence-corrected chi connectivity index (χ4v) is 5.09. The van der Waals surface area contributed by atoms with Crippen LogP contribution in [0.1, 0.15) is 29.5 Å². The highest BCUT2D eigenvalue weighted by atomic mass is 16.5. The third-order valence-electron chi connectivity index (χ3n) is 8.18. The molecule has 0 aliphatic heterocycles. The molecular weight excluding hydrogens is 757 g/mol. The molecule has 4 aromatic carbocycles. The maximum absolute atomic E-state index is 12.2. The van der Waals surface area contributed by atoms with Crippen molar-refractivity contribution < 1.29 is 19.1 Å². The number of aromatic nitrogens is 5. The predicted octanol–water partition coefficient (Wildman–Crippen LogP) is 8.70. The molecule has 0 saturated carbocycles.